The van der Waals surface area contributed by atoms with Crippen molar-refractivity contribution in [2.45, 2.75) is 148 Å². The molecule has 3 fully saturated rings. The molecule has 15 rings (SSSR count). The van der Waals surface area contributed by atoms with Gasteiger partial charge >= 0.3 is 60.0 Å². The Morgan fingerprint density at radius 1 is 0.519 bits per heavy atom. The molecule has 7 aromatic heterocycles. The van der Waals surface area contributed by atoms with Gasteiger partial charge in [0.1, 0.15) is 57.2 Å². The molecule has 565 valence electrons. The number of carbonyl (C=O) groups excluding carboxylic acids is 4. The van der Waals surface area contributed by atoms with Crippen LogP contribution in [-0.2, 0) is 80.8 Å². The fourth-order valence-electron chi connectivity index (χ4n) is 12.1. The number of rotatable bonds is 14. The molecule has 0 aliphatic carbocycles. The molecule has 0 saturated carbocycles. The summed E-state index contributed by atoms with van der Waals surface area (Å²) in [7, 11) is 4.32. The number of hydrogen-bond donors (Lipinski definition) is 4. The number of aliphatic imine (C=N–C) groups is 3. The van der Waals surface area contributed by atoms with Crippen LogP contribution in [0.4, 0.5) is 57.0 Å². The largest absolute Gasteiger partial charge is 1.00 e. The number of nitrogens with zero attached hydrogens (tertiary/aromatic N) is 12. The molecule has 13 heterocycles. The van der Waals surface area contributed by atoms with Crippen LogP contribution >= 0.6 is 34.0 Å². The summed E-state index contributed by atoms with van der Waals surface area (Å²) in [4.78, 5) is 96.9. The van der Waals surface area contributed by atoms with E-state index in [0.29, 0.717) is 60.7 Å². The summed E-state index contributed by atoms with van der Waals surface area (Å²) in [5, 5.41) is 15.5. The summed E-state index contributed by atoms with van der Waals surface area (Å²) in [6, 6.07) is 19.8. The minimum absolute atomic E-state index is 0. The molecule has 9 aromatic rings. The summed E-state index contributed by atoms with van der Waals surface area (Å²) in [5.74, 6) is 0.142. The van der Waals surface area contributed by atoms with Crippen molar-refractivity contribution in [1.82, 2.24) is 50.0 Å². The number of nitrogens with one attached hydrogen (secondary N) is 4. The van der Waals surface area contributed by atoms with E-state index in [4.69, 9.17) is 0 Å². The van der Waals surface area contributed by atoms with Gasteiger partial charge in [-0.3, -0.25) is 39.4 Å². The van der Waals surface area contributed by atoms with E-state index >= 15 is 0 Å². The molecule has 0 unspecified atom stereocenters. The van der Waals surface area contributed by atoms with Crippen LogP contribution < -0.4 is 50.8 Å². The van der Waals surface area contributed by atoms with Gasteiger partial charge in [0, 0.05) is 129 Å². The molecule has 4 N–H and O–H groups in total. The Morgan fingerprint density at radius 2 is 0.907 bits per heavy atom. The number of carbonyl (C=O) groups is 4. The Labute approximate surface area is 650 Å². The van der Waals surface area contributed by atoms with Crippen molar-refractivity contribution in [3.63, 3.8) is 0 Å². The number of benzene rings is 2. The number of pyridine rings is 1. The SMILES string of the molecule is CC(=O)OOC(C)=O.FC(F)(F)Cc1cc2c(NC3CCN(Cc4ccc5c(c4)C=NC5)CC3)ncnc2s1.FC(F)(F)Cc1cc2c(NC3CCN(Cc4cnc5c(c4)C=NC5)CC3)ncnc2s1.FC(F)(F)Cc1cc2c(NC3CCNCC3)ncnc2s1.O=Cc1ccc2c(c1)C=NC2.[B-]OC(C)=O.[Na+]. The van der Waals surface area contributed by atoms with Crippen LogP contribution in [0.3, 0.4) is 0 Å². The minimum atomic E-state index is -4.23. The van der Waals surface area contributed by atoms with Crippen molar-refractivity contribution < 1.29 is 103 Å². The first-order valence-electron chi connectivity index (χ1n) is 33.9. The first kappa shape index (κ1) is 83.6. The Hall–Kier alpha value is -8.49. The van der Waals surface area contributed by atoms with E-state index in [1.807, 2.05) is 43.0 Å². The van der Waals surface area contributed by atoms with Crippen molar-refractivity contribution in [3.05, 3.63) is 151 Å². The third kappa shape index (κ3) is 26.1. The van der Waals surface area contributed by atoms with Gasteiger partial charge in [0.15, 0.2) is 0 Å². The van der Waals surface area contributed by atoms with E-state index in [1.54, 1.807) is 18.2 Å². The quantitative estimate of drug-likeness (QED) is 0.0259. The number of fused-ring (bicyclic) bond motifs is 6. The van der Waals surface area contributed by atoms with Crippen LogP contribution in [0.25, 0.3) is 30.6 Å². The Morgan fingerprint density at radius 3 is 1.32 bits per heavy atom. The van der Waals surface area contributed by atoms with Crippen LogP contribution in [0.5, 0.6) is 0 Å². The third-order valence-corrected chi connectivity index (χ3v) is 20.2. The maximum atomic E-state index is 12.7. The van der Waals surface area contributed by atoms with Gasteiger partial charge in [-0.2, -0.15) is 39.5 Å². The molecule has 108 heavy (non-hydrogen) atoms. The Bertz CT molecular complexity index is 4450. The number of hydrogen-bond acceptors (Lipinski definition) is 26. The zero-order valence-corrected chi connectivity index (χ0v) is 63.6. The van der Waals surface area contributed by atoms with Gasteiger partial charge in [0.2, 0.25) is 5.97 Å². The second-order valence-electron chi connectivity index (χ2n) is 25.6. The molecular weight excluding hydrogens is 1490 g/mol. The number of likely N-dealkylation sites (tertiary alicyclic amines) is 2. The topological polar surface area (TPSA) is 278 Å². The van der Waals surface area contributed by atoms with Crippen molar-refractivity contribution >= 4 is 133 Å². The van der Waals surface area contributed by atoms with Gasteiger partial charge in [0.25, 0.3) is 0 Å². The molecule has 6 aliphatic heterocycles. The van der Waals surface area contributed by atoms with Gasteiger partial charge in [-0.1, -0.05) is 24.3 Å². The van der Waals surface area contributed by atoms with Crippen LogP contribution in [0, 0.1) is 0 Å². The van der Waals surface area contributed by atoms with Crippen LogP contribution in [0.2, 0.25) is 0 Å². The fourth-order valence-corrected chi connectivity index (χ4v) is 15.2. The van der Waals surface area contributed by atoms with Gasteiger partial charge < -0.3 is 34.0 Å². The summed E-state index contributed by atoms with van der Waals surface area (Å²) in [6.07, 6.45) is 2.98. The molecule has 6 aliphatic rings. The maximum absolute atomic E-state index is 12.7. The van der Waals surface area contributed by atoms with Gasteiger partial charge in [-0.05, 0) is 121 Å². The summed E-state index contributed by atoms with van der Waals surface area (Å²) in [6.45, 7) is 13.2. The van der Waals surface area contributed by atoms with E-state index in [-0.39, 0.29) is 56.3 Å². The molecule has 0 atom stereocenters. The smallest absolute Gasteiger partial charge is 0.793 e. The number of piperidine rings is 3. The average molecular weight is 1560 g/mol. The Balaban J connectivity index is 0.000000163. The zero-order chi connectivity index (χ0) is 76.3. The van der Waals surface area contributed by atoms with E-state index in [9.17, 15) is 58.7 Å². The predicted molar refractivity (Wildman–Crippen MR) is 392 cm³/mol. The van der Waals surface area contributed by atoms with Crippen molar-refractivity contribution in [3.8, 4) is 0 Å². The normalized spacial score (nSPS) is 15.6. The van der Waals surface area contributed by atoms with Crippen molar-refractivity contribution in [2.75, 3.05) is 55.2 Å². The molecule has 23 nitrogen and oxygen atoms in total. The number of alkyl halides is 9. The minimum Gasteiger partial charge on any atom is -0.793 e. The number of thiophene rings is 3. The average Bonchev–Trinajstić information content (AvgIpc) is 1.64. The van der Waals surface area contributed by atoms with E-state index in [2.05, 4.69) is 128 Å². The zero-order valence-electron chi connectivity index (χ0n) is 59.2. The first-order valence-corrected chi connectivity index (χ1v) is 36.4. The second kappa shape index (κ2) is 39.2. The summed E-state index contributed by atoms with van der Waals surface area (Å²) < 4.78 is 118. The fraction of sp³-hybridized carbons (Fsp3) is 0.408. The van der Waals surface area contributed by atoms with E-state index in [1.165, 1.54) is 53.7 Å². The van der Waals surface area contributed by atoms with Crippen molar-refractivity contribution in [1.29, 1.82) is 0 Å². The number of aromatic nitrogens is 7. The molecule has 0 amide bonds. The van der Waals surface area contributed by atoms with E-state index in [0.717, 1.165) is 181 Å². The molecular formula is C71H74BF9N16NaO7S3. The van der Waals surface area contributed by atoms with Crippen molar-refractivity contribution in [2.24, 2.45) is 15.0 Å². The van der Waals surface area contributed by atoms with Crippen LogP contribution in [0.1, 0.15) is 129 Å². The van der Waals surface area contributed by atoms with Crippen LogP contribution in [0.15, 0.2) is 101 Å². The summed E-state index contributed by atoms with van der Waals surface area (Å²) in [5.41, 5.74) is 10.1. The number of anilines is 3. The van der Waals surface area contributed by atoms with Gasteiger partial charge in [-0.15, -0.1) is 34.0 Å². The number of aldehydes is 1. The standard InChI is InChI=1S/C22H22F3N5S.C21H21F3N6S.C13H15F3N4S.C9H7NO.C4H6O4.C2H3BO2.Na/c23-22(24,25)9-18-8-19-20(27-13-28-21(19)31-18)29-17-3-5-30(6-4-17)12-14-1-2-15-10-26-11-16(15)7-14;22-21(23,24)7-16-6-17-19(27-12-28-20(17)31-16)29-15-1-3-30(4-2-15)11-13-5-14-9-25-10-18(14)26-8-13;14-13(15,16)6-9-5-10-11(18-7-19-12(10)21-9)20-8-1-3-17-4-2-8;11-6-7-1-2-8-4-10-5-9(8)3-7;1-3(5)7-8-4(2)6;1-2(4)5-3;/h1-2,7-8,11,13,17H,3-6,9-10,12H2,(H,27,28,29);5-6,8-9,12,15H,1-4,7,10-11H2,(H,27,28,29);5,7-8,17H,1-4,6H2,(H,18,19,20);1-3,5-6H,4H2;1-2H3;1H3;/q;;;;;-1;+1. The predicted octanol–water partition coefficient (Wildman–Crippen LogP) is 10.1. The first-order chi connectivity index (χ1) is 51.2. The molecule has 3 radical (unpaired) electrons. The molecule has 2 aromatic carbocycles. The molecule has 0 bridgehead atoms. The third-order valence-electron chi connectivity index (χ3n) is 17.1. The van der Waals surface area contributed by atoms with E-state index < -0.39 is 55.7 Å². The van der Waals surface area contributed by atoms with Gasteiger partial charge in [-0.25, -0.2) is 49.3 Å². The van der Waals surface area contributed by atoms with Gasteiger partial charge in [0.05, 0.1) is 60.7 Å². The summed E-state index contributed by atoms with van der Waals surface area (Å²) >= 11 is 3.23. The monoisotopic (exact) mass is 1560 g/mol. The maximum Gasteiger partial charge on any atom is 1.00 e. The van der Waals surface area contributed by atoms with Crippen LogP contribution in [-0.4, -0.2) is 171 Å². The number of halogens is 9. The molecule has 3 saturated heterocycles. The second-order valence-corrected chi connectivity index (χ2v) is 28.9. The molecule has 0 spiro atoms. The molecule has 37 heteroatoms. The Kier molecular flexibility index (Phi) is 30.4.